The van der Waals surface area contributed by atoms with Gasteiger partial charge in [-0.25, -0.2) is 4.79 Å². The highest BCUT2D eigenvalue weighted by atomic mass is 16.4. The minimum Gasteiger partial charge on any atom is -0.505 e. The molecule has 0 aliphatic heterocycles. The summed E-state index contributed by atoms with van der Waals surface area (Å²) in [6.45, 7) is 4.15. The van der Waals surface area contributed by atoms with Crippen LogP contribution in [0.3, 0.4) is 0 Å². The Morgan fingerprint density at radius 1 is 1.29 bits per heavy atom. The first-order valence-corrected chi connectivity index (χ1v) is 7.19. The number of rotatable bonds is 3. The van der Waals surface area contributed by atoms with Crippen molar-refractivity contribution in [3.05, 3.63) is 23.8 Å². The van der Waals surface area contributed by atoms with Crippen LogP contribution in [0.15, 0.2) is 18.2 Å². The van der Waals surface area contributed by atoms with E-state index < -0.39 is 11.7 Å². The van der Waals surface area contributed by atoms with E-state index in [9.17, 15) is 14.7 Å². The quantitative estimate of drug-likeness (QED) is 0.746. The second kappa shape index (κ2) is 5.76. The molecule has 1 saturated carbocycles. The van der Waals surface area contributed by atoms with Gasteiger partial charge in [-0.1, -0.05) is 32.8 Å². The molecule has 1 aromatic rings. The van der Waals surface area contributed by atoms with Crippen LogP contribution in [0.25, 0.3) is 0 Å². The Bertz CT molecular complexity index is 565. The molecule has 0 heterocycles. The minimum atomic E-state index is -1.22. The van der Waals surface area contributed by atoms with Crippen molar-refractivity contribution in [3.63, 3.8) is 0 Å². The average Bonchev–Trinajstić information content (AvgIpc) is 2.40. The van der Waals surface area contributed by atoms with Crippen LogP contribution in [0.1, 0.15) is 49.9 Å². The Kier molecular flexibility index (Phi) is 4.21. The standard InChI is InChI=1S/C16H21NO4/c1-16(2)9-4-3-7-11(16)14(19)17-12-8-5-6-10(13(12)18)15(20)21/h5-6,8,11,18H,3-4,7,9H2,1-2H3,(H,17,19)(H,20,21). The third kappa shape index (κ3) is 3.17. The van der Waals surface area contributed by atoms with Crippen molar-refractivity contribution >= 4 is 17.6 Å². The molecule has 1 aliphatic carbocycles. The molecular formula is C16H21NO4. The highest BCUT2D eigenvalue weighted by Gasteiger charge is 2.37. The third-order valence-corrected chi connectivity index (χ3v) is 4.35. The molecule has 5 heteroatoms. The van der Waals surface area contributed by atoms with Crippen LogP contribution < -0.4 is 5.32 Å². The average molecular weight is 291 g/mol. The van der Waals surface area contributed by atoms with Crippen LogP contribution in [-0.2, 0) is 4.79 Å². The van der Waals surface area contributed by atoms with E-state index in [4.69, 9.17) is 5.11 Å². The van der Waals surface area contributed by atoms with Crippen LogP contribution in [-0.4, -0.2) is 22.1 Å². The lowest BCUT2D eigenvalue weighted by Crippen LogP contribution is -2.37. The molecule has 1 amide bonds. The zero-order valence-corrected chi connectivity index (χ0v) is 12.3. The first-order valence-electron chi connectivity index (χ1n) is 7.19. The Labute approximate surface area is 124 Å². The lowest BCUT2D eigenvalue weighted by atomic mass is 9.68. The molecule has 0 saturated heterocycles. The van der Waals surface area contributed by atoms with Gasteiger partial charge in [-0.05, 0) is 30.4 Å². The van der Waals surface area contributed by atoms with E-state index in [-0.39, 0.29) is 28.5 Å². The molecule has 1 aromatic carbocycles. The smallest absolute Gasteiger partial charge is 0.339 e. The van der Waals surface area contributed by atoms with E-state index in [0.717, 1.165) is 25.7 Å². The fourth-order valence-corrected chi connectivity index (χ4v) is 3.02. The topological polar surface area (TPSA) is 86.6 Å². The summed E-state index contributed by atoms with van der Waals surface area (Å²) in [7, 11) is 0. The number of aromatic hydroxyl groups is 1. The number of hydrogen-bond donors (Lipinski definition) is 3. The predicted octanol–water partition coefficient (Wildman–Crippen LogP) is 3.25. The van der Waals surface area contributed by atoms with E-state index in [1.807, 2.05) is 0 Å². The summed E-state index contributed by atoms with van der Waals surface area (Å²) in [5, 5.41) is 21.6. The second-order valence-corrected chi connectivity index (χ2v) is 6.28. The number of hydrogen-bond acceptors (Lipinski definition) is 3. The molecule has 3 N–H and O–H groups in total. The number of anilines is 1. The first kappa shape index (κ1) is 15.4. The molecule has 1 aliphatic rings. The van der Waals surface area contributed by atoms with E-state index in [1.165, 1.54) is 18.2 Å². The van der Waals surface area contributed by atoms with E-state index in [1.54, 1.807) is 0 Å². The van der Waals surface area contributed by atoms with Crippen LogP contribution in [0.2, 0.25) is 0 Å². The number of benzene rings is 1. The van der Waals surface area contributed by atoms with Gasteiger partial charge in [0.1, 0.15) is 5.56 Å². The molecule has 0 aromatic heterocycles. The lowest BCUT2D eigenvalue weighted by molar-refractivity contribution is -0.124. The summed E-state index contributed by atoms with van der Waals surface area (Å²) in [6, 6.07) is 4.32. The van der Waals surface area contributed by atoms with Crippen LogP contribution in [0.4, 0.5) is 5.69 Å². The summed E-state index contributed by atoms with van der Waals surface area (Å²) >= 11 is 0. The SMILES string of the molecule is CC1(C)CCCCC1C(=O)Nc1cccc(C(=O)O)c1O. The fraction of sp³-hybridized carbons (Fsp3) is 0.500. The number of carboxylic acid groups (broad SMARTS) is 1. The molecule has 114 valence electrons. The van der Waals surface area contributed by atoms with Crippen molar-refractivity contribution in [3.8, 4) is 5.75 Å². The first-order chi connectivity index (χ1) is 9.83. The zero-order chi connectivity index (χ0) is 15.6. The Hall–Kier alpha value is -2.04. The number of para-hydroxylation sites is 1. The number of aromatic carboxylic acids is 1. The van der Waals surface area contributed by atoms with Crippen molar-refractivity contribution in [2.45, 2.75) is 39.5 Å². The van der Waals surface area contributed by atoms with E-state index >= 15 is 0 Å². The highest BCUT2D eigenvalue weighted by molar-refractivity contribution is 5.98. The van der Waals surface area contributed by atoms with Gasteiger partial charge in [0.2, 0.25) is 5.91 Å². The number of phenols is 1. The van der Waals surface area contributed by atoms with Gasteiger partial charge in [0.05, 0.1) is 5.69 Å². The van der Waals surface area contributed by atoms with Crippen LogP contribution in [0, 0.1) is 11.3 Å². The van der Waals surface area contributed by atoms with Gasteiger partial charge in [0, 0.05) is 5.92 Å². The van der Waals surface area contributed by atoms with Crippen molar-refractivity contribution in [2.75, 3.05) is 5.32 Å². The number of amides is 1. The normalized spacial score (nSPS) is 20.8. The van der Waals surface area contributed by atoms with Gasteiger partial charge >= 0.3 is 5.97 Å². The Morgan fingerprint density at radius 2 is 2.00 bits per heavy atom. The second-order valence-electron chi connectivity index (χ2n) is 6.28. The van der Waals surface area contributed by atoms with Crippen molar-refractivity contribution in [1.29, 1.82) is 0 Å². The minimum absolute atomic E-state index is 0.0810. The van der Waals surface area contributed by atoms with Gasteiger partial charge in [-0.2, -0.15) is 0 Å². The Balaban J connectivity index is 2.20. The van der Waals surface area contributed by atoms with Crippen LogP contribution >= 0.6 is 0 Å². The van der Waals surface area contributed by atoms with E-state index in [2.05, 4.69) is 19.2 Å². The number of carboxylic acids is 1. The number of carbonyl (C=O) groups is 2. The Morgan fingerprint density at radius 3 is 2.62 bits per heavy atom. The van der Waals surface area contributed by atoms with Crippen LogP contribution in [0.5, 0.6) is 5.75 Å². The molecule has 0 radical (unpaired) electrons. The summed E-state index contributed by atoms with van der Waals surface area (Å²) in [4.78, 5) is 23.4. The number of carbonyl (C=O) groups excluding carboxylic acids is 1. The summed E-state index contributed by atoms with van der Waals surface area (Å²) in [5.74, 6) is -1.90. The predicted molar refractivity (Wildman–Crippen MR) is 79.4 cm³/mol. The van der Waals surface area contributed by atoms with Gasteiger partial charge in [0.25, 0.3) is 0 Å². The van der Waals surface area contributed by atoms with E-state index in [0.29, 0.717) is 0 Å². The van der Waals surface area contributed by atoms with Crippen molar-refractivity contribution in [2.24, 2.45) is 11.3 Å². The molecule has 2 rings (SSSR count). The molecule has 5 nitrogen and oxygen atoms in total. The highest BCUT2D eigenvalue weighted by Crippen LogP contribution is 2.41. The van der Waals surface area contributed by atoms with Gasteiger partial charge in [0.15, 0.2) is 5.75 Å². The lowest BCUT2D eigenvalue weighted by Gasteiger charge is -2.37. The maximum atomic E-state index is 12.4. The van der Waals surface area contributed by atoms with Gasteiger partial charge < -0.3 is 15.5 Å². The monoisotopic (exact) mass is 291 g/mol. The molecule has 1 atom stereocenters. The van der Waals surface area contributed by atoms with Crippen molar-refractivity contribution in [1.82, 2.24) is 0 Å². The summed E-state index contributed by atoms with van der Waals surface area (Å²) in [5.41, 5.74) is -0.139. The summed E-state index contributed by atoms with van der Waals surface area (Å²) in [6.07, 6.45) is 3.95. The fourth-order valence-electron chi connectivity index (χ4n) is 3.02. The maximum absolute atomic E-state index is 12.4. The molecule has 1 unspecified atom stereocenters. The molecule has 0 bridgehead atoms. The largest absolute Gasteiger partial charge is 0.505 e. The molecular weight excluding hydrogens is 270 g/mol. The number of nitrogens with one attached hydrogen (secondary N) is 1. The van der Waals surface area contributed by atoms with Crippen molar-refractivity contribution < 1.29 is 19.8 Å². The molecule has 21 heavy (non-hydrogen) atoms. The maximum Gasteiger partial charge on any atom is 0.339 e. The van der Waals surface area contributed by atoms with Gasteiger partial charge in [-0.15, -0.1) is 0 Å². The van der Waals surface area contributed by atoms with Gasteiger partial charge in [-0.3, -0.25) is 4.79 Å². The molecule has 0 spiro atoms. The molecule has 1 fully saturated rings. The third-order valence-electron chi connectivity index (χ3n) is 4.35. The zero-order valence-electron chi connectivity index (χ0n) is 12.3. The summed E-state index contributed by atoms with van der Waals surface area (Å²) < 4.78 is 0.